The number of sulfonamides is 1. The van der Waals surface area contributed by atoms with Gasteiger partial charge < -0.3 is 14.5 Å². The molecule has 1 aromatic carbocycles. The second kappa shape index (κ2) is 7.78. The molecule has 3 fully saturated rings. The first-order valence-electron chi connectivity index (χ1n) is 10.8. The zero-order valence-corrected chi connectivity index (χ0v) is 19.3. The second-order valence-electron chi connectivity index (χ2n) is 9.23. The van der Waals surface area contributed by atoms with Gasteiger partial charge in [-0.1, -0.05) is 0 Å². The maximum absolute atomic E-state index is 13.3. The number of benzene rings is 1. The van der Waals surface area contributed by atoms with E-state index in [1.165, 1.54) is 10.6 Å². The molecule has 3 saturated heterocycles. The summed E-state index contributed by atoms with van der Waals surface area (Å²) in [5.74, 6) is 0.851. The third kappa shape index (κ3) is 3.82. The Morgan fingerprint density at radius 2 is 1.58 bits per heavy atom. The van der Waals surface area contributed by atoms with Gasteiger partial charge in [0, 0.05) is 44.3 Å². The van der Waals surface area contributed by atoms with Gasteiger partial charge in [-0.2, -0.15) is 0 Å². The minimum atomic E-state index is -3.23. The molecule has 3 aliphatic heterocycles. The molecule has 0 unspecified atom stereocenters. The van der Waals surface area contributed by atoms with E-state index in [1.807, 2.05) is 16.8 Å². The van der Waals surface area contributed by atoms with E-state index in [2.05, 4.69) is 0 Å². The fourth-order valence-electron chi connectivity index (χ4n) is 5.59. The molecule has 8 nitrogen and oxygen atoms in total. The van der Waals surface area contributed by atoms with Gasteiger partial charge in [-0.25, -0.2) is 12.7 Å². The van der Waals surface area contributed by atoms with Gasteiger partial charge in [0.2, 0.25) is 15.9 Å². The number of likely N-dealkylation sites (tertiary alicyclic amines) is 2. The molecular formula is C22H31N3O5S. The largest absolute Gasteiger partial charge is 0.497 e. The van der Waals surface area contributed by atoms with Gasteiger partial charge in [0.05, 0.1) is 18.8 Å². The normalized spacial score (nSPS) is 23.5. The van der Waals surface area contributed by atoms with Gasteiger partial charge in [-0.3, -0.25) is 9.59 Å². The van der Waals surface area contributed by atoms with Crippen LogP contribution in [-0.2, 0) is 14.8 Å². The molecule has 0 radical (unpaired) electrons. The molecule has 31 heavy (non-hydrogen) atoms. The number of carbonyl (C=O) groups excluding carboxylic acids is 2. The van der Waals surface area contributed by atoms with E-state index in [0.29, 0.717) is 50.3 Å². The molecular weight excluding hydrogens is 418 g/mol. The highest BCUT2D eigenvalue weighted by molar-refractivity contribution is 7.88. The molecule has 0 atom stereocenters. The summed E-state index contributed by atoms with van der Waals surface area (Å²) in [6.07, 6.45) is 4.60. The molecule has 0 aromatic heterocycles. The predicted molar refractivity (Wildman–Crippen MR) is 116 cm³/mol. The van der Waals surface area contributed by atoms with Crippen molar-refractivity contribution < 1.29 is 22.7 Å². The number of amides is 2. The van der Waals surface area contributed by atoms with Crippen molar-refractivity contribution in [2.24, 2.45) is 5.41 Å². The van der Waals surface area contributed by atoms with Crippen LogP contribution in [0.1, 0.15) is 42.5 Å². The van der Waals surface area contributed by atoms with Crippen molar-refractivity contribution in [3.05, 3.63) is 29.8 Å². The Kier molecular flexibility index (Phi) is 5.54. The van der Waals surface area contributed by atoms with Crippen molar-refractivity contribution in [2.45, 2.75) is 37.6 Å². The molecule has 170 valence electrons. The Hall–Kier alpha value is -2.13. The number of methoxy groups -OCH3 is 1. The summed E-state index contributed by atoms with van der Waals surface area (Å²) in [6.45, 7) is 2.01. The summed E-state index contributed by atoms with van der Waals surface area (Å²) in [4.78, 5) is 30.0. The third-order valence-electron chi connectivity index (χ3n) is 7.60. The minimum absolute atomic E-state index is 0.000605. The average molecular weight is 450 g/mol. The van der Waals surface area contributed by atoms with E-state index < -0.39 is 15.4 Å². The Morgan fingerprint density at radius 3 is 2.10 bits per heavy atom. The van der Waals surface area contributed by atoms with Gasteiger partial charge in [0.1, 0.15) is 5.75 Å². The van der Waals surface area contributed by atoms with E-state index in [9.17, 15) is 18.0 Å². The highest BCUT2D eigenvalue weighted by atomic mass is 32.2. The fourth-order valence-corrected chi connectivity index (χ4v) is 6.43. The van der Waals surface area contributed by atoms with E-state index in [-0.39, 0.29) is 17.4 Å². The van der Waals surface area contributed by atoms with E-state index >= 15 is 0 Å². The lowest BCUT2D eigenvalue weighted by atomic mass is 9.71. The van der Waals surface area contributed by atoms with Crippen LogP contribution >= 0.6 is 0 Å². The summed E-state index contributed by atoms with van der Waals surface area (Å²) < 4.78 is 30.4. The van der Waals surface area contributed by atoms with Crippen molar-refractivity contribution in [3.8, 4) is 5.75 Å². The smallest absolute Gasteiger partial charge is 0.253 e. The number of carbonyl (C=O) groups is 2. The SMILES string of the molecule is COc1ccc(C(=O)N2CCC3(CC2)CC2(CCN(S(C)(=O)=O)CC2)C(=O)N3C)cc1. The van der Waals surface area contributed by atoms with Crippen LogP contribution in [-0.4, -0.2) is 86.5 Å². The number of ether oxygens (including phenoxy) is 1. The summed E-state index contributed by atoms with van der Waals surface area (Å²) in [6, 6.07) is 7.13. The van der Waals surface area contributed by atoms with Crippen LogP contribution in [0.25, 0.3) is 0 Å². The third-order valence-corrected chi connectivity index (χ3v) is 8.91. The first kappa shape index (κ1) is 22.1. The predicted octanol–water partition coefficient (Wildman–Crippen LogP) is 1.57. The van der Waals surface area contributed by atoms with E-state index in [4.69, 9.17) is 4.74 Å². The molecule has 0 bridgehead atoms. The van der Waals surface area contributed by atoms with E-state index in [0.717, 1.165) is 19.3 Å². The molecule has 3 aliphatic rings. The molecule has 0 aliphatic carbocycles. The Morgan fingerprint density at radius 1 is 1.00 bits per heavy atom. The molecule has 0 N–H and O–H groups in total. The van der Waals surface area contributed by atoms with Gasteiger partial charge >= 0.3 is 0 Å². The van der Waals surface area contributed by atoms with Crippen molar-refractivity contribution in [1.82, 2.24) is 14.1 Å². The van der Waals surface area contributed by atoms with Gasteiger partial charge in [0.25, 0.3) is 5.91 Å². The molecule has 2 amide bonds. The average Bonchev–Trinajstić information content (AvgIpc) is 2.95. The van der Waals surface area contributed by atoms with Gasteiger partial charge in [-0.15, -0.1) is 0 Å². The first-order valence-corrected chi connectivity index (χ1v) is 12.6. The van der Waals surface area contributed by atoms with Gasteiger partial charge in [-0.05, 0) is 56.4 Å². The summed E-state index contributed by atoms with van der Waals surface area (Å²) in [7, 11) is 0.244. The van der Waals surface area contributed by atoms with Crippen LogP contribution < -0.4 is 4.74 Å². The van der Waals surface area contributed by atoms with Crippen LogP contribution in [0.4, 0.5) is 0 Å². The van der Waals surface area contributed by atoms with Crippen LogP contribution in [0.3, 0.4) is 0 Å². The maximum atomic E-state index is 13.3. The van der Waals surface area contributed by atoms with Crippen molar-refractivity contribution >= 4 is 21.8 Å². The van der Waals surface area contributed by atoms with Crippen molar-refractivity contribution in [2.75, 3.05) is 46.6 Å². The summed E-state index contributed by atoms with van der Waals surface area (Å²) in [5.41, 5.74) is -0.0868. The van der Waals surface area contributed by atoms with Gasteiger partial charge in [0.15, 0.2) is 0 Å². The van der Waals surface area contributed by atoms with Crippen LogP contribution in [0.2, 0.25) is 0 Å². The zero-order chi connectivity index (χ0) is 22.4. The standard InChI is InChI=1S/C22H31N3O5S/c1-23-20(27)21(8-14-25(15-9-21)31(3,28)29)16-22(23)10-12-24(13-11-22)19(26)17-4-6-18(30-2)7-5-17/h4-7H,8-16H2,1-3H3. The maximum Gasteiger partial charge on any atom is 0.253 e. The first-order chi connectivity index (χ1) is 14.6. The number of hydrogen-bond acceptors (Lipinski definition) is 5. The lowest BCUT2D eigenvalue weighted by Crippen LogP contribution is -2.52. The molecule has 2 spiro atoms. The summed E-state index contributed by atoms with van der Waals surface area (Å²) >= 11 is 0. The Balaban J connectivity index is 1.43. The molecule has 4 rings (SSSR count). The van der Waals surface area contributed by atoms with Crippen LogP contribution in [0, 0.1) is 5.41 Å². The topological polar surface area (TPSA) is 87.2 Å². The minimum Gasteiger partial charge on any atom is -0.497 e. The summed E-state index contributed by atoms with van der Waals surface area (Å²) in [5, 5.41) is 0. The lowest BCUT2D eigenvalue weighted by Gasteiger charge is -2.44. The highest BCUT2D eigenvalue weighted by Crippen LogP contribution is 2.52. The molecule has 0 saturated carbocycles. The van der Waals surface area contributed by atoms with Crippen LogP contribution in [0.15, 0.2) is 24.3 Å². The van der Waals surface area contributed by atoms with Crippen LogP contribution in [0.5, 0.6) is 5.75 Å². The molecule has 3 heterocycles. The second-order valence-corrected chi connectivity index (χ2v) is 11.2. The highest BCUT2D eigenvalue weighted by Gasteiger charge is 2.59. The molecule has 9 heteroatoms. The Bertz CT molecular complexity index is 959. The zero-order valence-electron chi connectivity index (χ0n) is 18.5. The Labute approximate surface area is 184 Å². The fraction of sp³-hybridized carbons (Fsp3) is 0.636. The monoisotopic (exact) mass is 449 g/mol. The number of rotatable bonds is 3. The number of hydrogen-bond donors (Lipinski definition) is 0. The van der Waals surface area contributed by atoms with Crippen molar-refractivity contribution in [3.63, 3.8) is 0 Å². The number of piperidine rings is 2. The lowest BCUT2D eigenvalue weighted by molar-refractivity contribution is -0.138. The van der Waals surface area contributed by atoms with E-state index in [1.54, 1.807) is 31.4 Å². The van der Waals surface area contributed by atoms with Crippen molar-refractivity contribution in [1.29, 1.82) is 0 Å². The number of nitrogens with zero attached hydrogens (tertiary/aromatic N) is 3. The molecule has 1 aromatic rings. The quantitative estimate of drug-likeness (QED) is 0.699.